The van der Waals surface area contributed by atoms with Gasteiger partial charge in [-0.05, 0) is 74.7 Å². The van der Waals surface area contributed by atoms with Gasteiger partial charge < -0.3 is 4.57 Å². The van der Waals surface area contributed by atoms with Gasteiger partial charge in [0.2, 0.25) is 5.95 Å². The number of hydrogen-bond donors (Lipinski definition) is 0. The first-order valence-corrected chi connectivity index (χ1v) is 21.5. The number of benzene rings is 8. The highest BCUT2D eigenvalue weighted by atomic mass is 15.2. The van der Waals surface area contributed by atoms with E-state index in [0.29, 0.717) is 23.5 Å². The molecule has 0 amide bonds. The fourth-order valence-corrected chi connectivity index (χ4v) is 10.8. The number of hydrogen-bond acceptors (Lipinski definition) is 3. The Morgan fingerprint density at radius 2 is 1.10 bits per heavy atom. The molecule has 0 fully saturated rings. The standard InChI is InChI=1S/C56H45N5/c1-34-33-55(2,3)43-26-17-29-46(49(43)56(34,4)5)60-44-27-15-13-24-41(44)47-39-22-11-12-23-40(39)50-48(51(47)60)42-25-14-16-28-45(42)61(50)54-58-52(36-19-7-6-8-20-36)57-53(59-54)38-31-30-35-18-9-10-21-37(35)32-38/h6-32,34H,33H2,1-5H3. The van der Waals surface area contributed by atoms with Crippen molar-refractivity contribution in [1.29, 1.82) is 0 Å². The van der Waals surface area contributed by atoms with Gasteiger partial charge in [-0.15, -0.1) is 0 Å². The van der Waals surface area contributed by atoms with Crippen molar-refractivity contribution in [3.8, 4) is 34.4 Å². The summed E-state index contributed by atoms with van der Waals surface area (Å²) < 4.78 is 4.91. The molecule has 294 valence electrons. The first kappa shape index (κ1) is 35.8. The summed E-state index contributed by atoms with van der Waals surface area (Å²) in [7, 11) is 0. The van der Waals surface area contributed by atoms with Gasteiger partial charge in [0.05, 0.1) is 27.8 Å². The Morgan fingerprint density at radius 3 is 1.85 bits per heavy atom. The molecule has 3 heterocycles. The van der Waals surface area contributed by atoms with Crippen molar-refractivity contribution in [2.75, 3.05) is 0 Å². The molecule has 1 atom stereocenters. The summed E-state index contributed by atoms with van der Waals surface area (Å²) in [5.74, 6) is 2.35. The zero-order valence-corrected chi connectivity index (χ0v) is 35.1. The van der Waals surface area contributed by atoms with Gasteiger partial charge in [-0.3, -0.25) is 4.57 Å². The van der Waals surface area contributed by atoms with Crippen LogP contribution in [0.5, 0.6) is 0 Å². The van der Waals surface area contributed by atoms with Crippen LogP contribution in [0.1, 0.15) is 52.2 Å². The Balaban J connectivity index is 1.27. The fraction of sp³-hybridized carbons (Fsp3) is 0.161. The van der Waals surface area contributed by atoms with Crippen LogP contribution in [0.4, 0.5) is 0 Å². The molecule has 1 aliphatic carbocycles. The van der Waals surface area contributed by atoms with E-state index in [4.69, 9.17) is 15.0 Å². The van der Waals surface area contributed by atoms with Crippen molar-refractivity contribution < 1.29 is 0 Å². The minimum Gasteiger partial charge on any atom is -0.308 e. The van der Waals surface area contributed by atoms with Gasteiger partial charge in [-0.2, -0.15) is 9.97 Å². The van der Waals surface area contributed by atoms with Gasteiger partial charge >= 0.3 is 0 Å². The van der Waals surface area contributed by atoms with E-state index in [-0.39, 0.29) is 10.8 Å². The lowest BCUT2D eigenvalue weighted by molar-refractivity contribution is 0.233. The molecular formula is C56H45N5. The minimum absolute atomic E-state index is 0.0367. The summed E-state index contributed by atoms with van der Waals surface area (Å²) in [6, 6.07) is 59.0. The lowest BCUT2D eigenvalue weighted by Gasteiger charge is -2.47. The zero-order valence-electron chi connectivity index (χ0n) is 35.1. The highest BCUT2D eigenvalue weighted by Crippen LogP contribution is 2.53. The van der Waals surface area contributed by atoms with Crippen LogP contribution in [0, 0.1) is 5.92 Å². The molecule has 3 aromatic heterocycles. The third kappa shape index (κ3) is 5.16. The average molecular weight is 788 g/mol. The molecule has 0 N–H and O–H groups in total. The van der Waals surface area contributed by atoms with Gasteiger partial charge in [-0.25, -0.2) is 4.98 Å². The van der Waals surface area contributed by atoms with Crippen molar-refractivity contribution in [3.05, 3.63) is 175 Å². The third-order valence-corrected chi connectivity index (χ3v) is 14.0. The summed E-state index contributed by atoms with van der Waals surface area (Å²) in [5, 5.41) is 9.53. The summed E-state index contributed by atoms with van der Waals surface area (Å²) in [5.41, 5.74) is 10.6. The SMILES string of the molecule is CC1CC(C)(C)c2cccc(-n3c4ccccc4c4c5ccccc5c5c(c6ccccc6n5-c5nc(-c6ccccc6)nc(-c6ccc7ccccc7c6)n5)c43)c2C1(C)C. The second kappa shape index (κ2) is 12.9. The van der Waals surface area contributed by atoms with Crippen LogP contribution in [0.2, 0.25) is 0 Å². The molecule has 5 heteroatoms. The Hall–Kier alpha value is -7.11. The Morgan fingerprint density at radius 1 is 0.492 bits per heavy atom. The second-order valence-corrected chi connectivity index (χ2v) is 18.3. The molecule has 1 unspecified atom stereocenters. The van der Waals surface area contributed by atoms with Crippen LogP contribution < -0.4 is 0 Å². The predicted molar refractivity (Wildman–Crippen MR) is 254 cm³/mol. The van der Waals surface area contributed by atoms with E-state index in [0.717, 1.165) is 44.7 Å². The first-order valence-electron chi connectivity index (χ1n) is 21.5. The van der Waals surface area contributed by atoms with Gasteiger partial charge in [0.1, 0.15) is 0 Å². The molecule has 0 bridgehead atoms. The Kier molecular flexibility index (Phi) is 7.60. The van der Waals surface area contributed by atoms with Gasteiger partial charge in [-0.1, -0.05) is 174 Å². The highest BCUT2D eigenvalue weighted by Gasteiger charge is 2.44. The molecule has 0 radical (unpaired) electrons. The quantitative estimate of drug-likeness (QED) is 0.178. The lowest BCUT2D eigenvalue weighted by atomic mass is 9.58. The van der Waals surface area contributed by atoms with Crippen molar-refractivity contribution in [1.82, 2.24) is 24.1 Å². The van der Waals surface area contributed by atoms with Crippen LogP contribution in [0.25, 0.3) is 99.6 Å². The maximum absolute atomic E-state index is 5.42. The molecule has 0 spiro atoms. The summed E-state index contributed by atoms with van der Waals surface area (Å²) in [6.07, 6.45) is 1.14. The number of rotatable bonds is 4. The largest absolute Gasteiger partial charge is 0.308 e. The van der Waals surface area contributed by atoms with Crippen LogP contribution >= 0.6 is 0 Å². The van der Waals surface area contributed by atoms with Gasteiger partial charge in [0, 0.05) is 38.1 Å². The lowest BCUT2D eigenvalue weighted by Crippen LogP contribution is -2.41. The van der Waals surface area contributed by atoms with E-state index in [1.54, 1.807) is 0 Å². The molecule has 61 heavy (non-hydrogen) atoms. The maximum Gasteiger partial charge on any atom is 0.238 e. The third-order valence-electron chi connectivity index (χ3n) is 14.0. The molecule has 12 rings (SSSR count). The number of aromatic nitrogens is 5. The number of fused-ring (bicyclic) bond motifs is 12. The second-order valence-electron chi connectivity index (χ2n) is 18.3. The van der Waals surface area contributed by atoms with Crippen LogP contribution in [0.3, 0.4) is 0 Å². The first-order chi connectivity index (χ1) is 29.7. The van der Waals surface area contributed by atoms with Crippen LogP contribution in [0.15, 0.2) is 164 Å². The van der Waals surface area contributed by atoms with Gasteiger partial charge in [0.15, 0.2) is 11.6 Å². The zero-order chi connectivity index (χ0) is 41.2. The van der Waals surface area contributed by atoms with Gasteiger partial charge in [0.25, 0.3) is 0 Å². The summed E-state index contributed by atoms with van der Waals surface area (Å²) in [6.45, 7) is 12.2. The van der Waals surface area contributed by atoms with Crippen molar-refractivity contribution in [2.24, 2.45) is 5.92 Å². The number of para-hydroxylation sites is 2. The van der Waals surface area contributed by atoms with E-state index < -0.39 is 0 Å². The monoisotopic (exact) mass is 787 g/mol. The van der Waals surface area contributed by atoms with Crippen LogP contribution in [-0.2, 0) is 10.8 Å². The molecule has 0 saturated carbocycles. The molecule has 5 nitrogen and oxygen atoms in total. The normalized spacial score (nSPS) is 16.0. The van der Waals surface area contributed by atoms with Crippen molar-refractivity contribution in [3.63, 3.8) is 0 Å². The summed E-state index contributed by atoms with van der Waals surface area (Å²) >= 11 is 0. The smallest absolute Gasteiger partial charge is 0.238 e. The molecule has 0 aliphatic heterocycles. The Labute approximate surface area is 355 Å². The fourth-order valence-electron chi connectivity index (χ4n) is 10.8. The minimum atomic E-state index is -0.0546. The van der Waals surface area contributed by atoms with E-state index in [1.807, 2.05) is 18.2 Å². The topological polar surface area (TPSA) is 48.5 Å². The van der Waals surface area contributed by atoms with E-state index >= 15 is 0 Å². The van der Waals surface area contributed by atoms with E-state index in [2.05, 4.69) is 189 Å². The molecule has 8 aromatic carbocycles. The van der Waals surface area contributed by atoms with E-state index in [9.17, 15) is 0 Å². The molecule has 11 aromatic rings. The maximum atomic E-state index is 5.42. The average Bonchev–Trinajstić information content (AvgIpc) is 3.82. The number of nitrogens with zero attached hydrogens (tertiary/aromatic N) is 5. The molecule has 1 aliphatic rings. The van der Waals surface area contributed by atoms with Crippen LogP contribution in [-0.4, -0.2) is 24.1 Å². The van der Waals surface area contributed by atoms with Crippen molar-refractivity contribution >= 4 is 65.2 Å². The predicted octanol–water partition coefficient (Wildman–Crippen LogP) is 14.3. The summed E-state index contributed by atoms with van der Waals surface area (Å²) in [4.78, 5) is 16.0. The Bertz CT molecular complexity index is 3590. The van der Waals surface area contributed by atoms with Crippen molar-refractivity contribution in [2.45, 2.75) is 51.9 Å². The molecular weight excluding hydrogens is 743 g/mol. The highest BCUT2D eigenvalue weighted by molar-refractivity contribution is 6.36. The van der Waals surface area contributed by atoms with E-state index in [1.165, 1.54) is 54.8 Å². The molecule has 0 saturated heterocycles.